The summed E-state index contributed by atoms with van der Waals surface area (Å²) in [6, 6.07) is 1.64. The monoisotopic (exact) mass is 273 g/mol. The molecule has 18 heavy (non-hydrogen) atoms. The number of aliphatic hydroxyl groups is 1. The van der Waals surface area contributed by atoms with Gasteiger partial charge in [0.1, 0.15) is 17.6 Å². The van der Waals surface area contributed by atoms with Crippen molar-refractivity contribution >= 4 is 17.4 Å². The van der Waals surface area contributed by atoms with E-state index in [1.165, 1.54) is 0 Å². The molecule has 0 saturated carbocycles. The van der Waals surface area contributed by atoms with E-state index >= 15 is 0 Å². The first kappa shape index (κ1) is 15.1. The molecule has 0 aromatic carbocycles. The maximum Gasteiger partial charge on any atom is 0.158 e. The van der Waals surface area contributed by atoms with Crippen LogP contribution in [0.3, 0.4) is 0 Å². The Bertz CT molecular complexity index is 384. The van der Waals surface area contributed by atoms with Crippen LogP contribution in [0.25, 0.3) is 0 Å². The standard InChI is InChI=1S/C12H20ClN3O2/c1-4-12(3,8-17)16-10-6-9(13)14-11(15-10)7-18-5-2/h6,17H,4-5,7-8H2,1-3H3,(H,14,15,16). The fraction of sp³-hybridized carbons (Fsp3) is 0.667. The molecule has 1 unspecified atom stereocenters. The highest BCUT2D eigenvalue weighted by Gasteiger charge is 2.21. The van der Waals surface area contributed by atoms with Crippen molar-refractivity contribution < 1.29 is 9.84 Å². The molecule has 0 saturated heterocycles. The fourth-order valence-corrected chi connectivity index (χ4v) is 1.54. The molecule has 1 rings (SSSR count). The van der Waals surface area contributed by atoms with E-state index in [1.54, 1.807) is 6.07 Å². The lowest BCUT2D eigenvalue weighted by Crippen LogP contribution is -2.38. The molecule has 0 fully saturated rings. The van der Waals surface area contributed by atoms with Gasteiger partial charge in [-0.2, -0.15) is 0 Å². The van der Waals surface area contributed by atoms with Gasteiger partial charge in [0.25, 0.3) is 0 Å². The van der Waals surface area contributed by atoms with Gasteiger partial charge in [0, 0.05) is 12.7 Å². The van der Waals surface area contributed by atoms with E-state index < -0.39 is 5.54 Å². The van der Waals surface area contributed by atoms with Crippen molar-refractivity contribution in [2.24, 2.45) is 0 Å². The summed E-state index contributed by atoms with van der Waals surface area (Å²) in [6.45, 7) is 6.77. The van der Waals surface area contributed by atoms with Crippen molar-refractivity contribution in [1.29, 1.82) is 0 Å². The van der Waals surface area contributed by atoms with Gasteiger partial charge < -0.3 is 15.2 Å². The minimum atomic E-state index is -0.416. The summed E-state index contributed by atoms with van der Waals surface area (Å²) < 4.78 is 5.25. The van der Waals surface area contributed by atoms with Crippen molar-refractivity contribution in [3.8, 4) is 0 Å². The summed E-state index contributed by atoms with van der Waals surface area (Å²) in [6.07, 6.45) is 0.770. The second-order valence-corrected chi connectivity index (χ2v) is 4.71. The zero-order valence-corrected chi connectivity index (χ0v) is 11.8. The summed E-state index contributed by atoms with van der Waals surface area (Å²) in [5, 5.41) is 12.9. The summed E-state index contributed by atoms with van der Waals surface area (Å²) in [5.41, 5.74) is -0.416. The molecule has 102 valence electrons. The van der Waals surface area contributed by atoms with Crippen molar-refractivity contribution in [3.63, 3.8) is 0 Å². The van der Waals surface area contributed by atoms with Crippen LogP contribution in [-0.4, -0.2) is 33.8 Å². The van der Waals surface area contributed by atoms with Crippen LogP contribution in [0.5, 0.6) is 0 Å². The molecule has 0 aliphatic rings. The van der Waals surface area contributed by atoms with E-state index in [9.17, 15) is 5.11 Å². The van der Waals surface area contributed by atoms with Gasteiger partial charge in [-0.1, -0.05) is 18.5 Å². The van der Waals surface area contributed by atoms with E-state index in [0.29, 0.717) is 30.0 Å². The molecule has 0 aliphatic carbocycles. The molecule has 0 bridgehead atoms. The van der Waals surface area contributed by atoms with Crippen molar-refractivity contribution in [2.75, 3.05) is 18.5 Å². The highest BCUT2D eigenvalue weighted by Crippen LogP contribution is 2.19. The van der Waals surface area contributed by atoms with Crippen LogP contribution in [0.4, 0.5) is 5.82 Å². The van der Waals surface area contributed by atoms with Gasteiger partial charge in [0.2, 0.25) is 0 Å². The van der Waals surface area contributed by atoms with E-state index in [4.69, 9.17) is 16.3 Å². The van der Waals surface area contributed by atoms with E-state index in [2.05, 4.69) is 15.3 Å². The Kier molecular flexibility index (Phi) is 5.78. The molecule has 5 nitrogen and oxygen atoms in total. The molecule has 0 aliphatic heterocycles. The SMILES string of the molecule is CCOCc1nc(Cl)cc(NC(C)(CC)CO)n1. The molecule has 1 aromatic heterocycles. The number of hydrogen-bond donors (Lipinski definition) is 2. The average Bonchev–Trinajstić information content (AvgIpc) is 2.35. The maximum atomic E-state index is 9.36. The normalized spacial score (nSPS) is 14.3. The number of ether oxygens (including phenoxy) is 1. The number of nitrogens with one attached hydrogen (secondary N) is 1. The lowest BCUT2D eigenvalue weighted by molar-refractivity contribution is 0.128. The van der Waals surface area contributed by atoms with Crippen LogP contribution < -0.4 is 5.32 Å². The third kappa shape index (κ3) is 4.40. The Labute approximate surface area is 113 Å². The van der Waals surface area contributed by atoms with Gasteiger partial charge in [0.15, 0.2) is 5.82 Å². The first-order valence-corrected chi connectivity index (χ1v) is 6.41. The summed E-state index contributed by atoms with van der Waals surface area (Å²) >= 11 is 5.93. The first-order valence-electron chi connectivity index (χ1n) is 6.03. The van der Waals surface area contributed by atoms with E-state index in [0.717, 1.165) is 6.42 Å². The lowest BCUT2D eigenvalue weighted by atomic mass is 10.0. The number of anilines is 1. The summed E-state index contributed by atoms with van der Waals surface area (Å²) in [7, 11) is 0. The van der Waals surface area contributed by atoms with Crippen LogP contribution in [0.2, 0.25) is 5.15 Å². The molecule has 6 heteroatoms. The van der Waals surface area contributed by atoms with Gasteiger partial charge in [0.05, 0.1) is 12.1 Å². The molecule has 0 spiro atoms. The van der Waals surface area contributed by atoms with E-state index in [1.807, 2.05) is 20.8 Å². The highest BCUT2D eigenvalue weighted by atomic mass is 35.5. The van der Waals surface area contributed by atoms with Crippen LogP contribution in [0, 0.1) is 0 Å². The largest absolute Gasteiger partial charge is 0.394 e. The number of nitrogens with zero attached hydrogens (tertiary/aromatic N) is 2. The molecule has 1 aromatic rings. The lowest BCUT2D eigenvalue weighted by Gasteiger charge is -2.27. The third-order valence-electron chi connectivity index (χ3n) is 2.74. The molecular formula is C12H20ClN3O2. The van der Waals surface area contributed by atoms with Gasteiger partial charge in [-0.05, 0) is 20.3 Å². The summed E-state index contributed by atoms with van der Waals surface area (Å²) in [4.78, 5) is 8.39. The number of rotatable bonds is 7. The molecular weight excluding hydrogens is 254 g/mol. The zero-order valence-electron chi connectivity index (χ0n) is 11.0. The molecule has 1 heterocycles. The van der Waals surface area contributed by atoms with Gasteiger partial charge in [-0.25, -0.2) is 9.97 Å². The van der Waals surface area contributed by atoms with Crippen LogP contribution in [0.1, 0.15) is 33.0 Å². The predicted molar refractivity (Wildman–Crippen MR) is 71.8 cm³/mol. The van der Waals surface area contributed by atoms with Crippen LogP contribution in [-0.2, 0) is 11.3 Å². The Morgan fingerprint density at radius 3 is 2.72 bits per heavy atom. The Morgan fingerprint density at radius 1 is 1.44 bits per heavy atom. The first-order chi connectivity index (χ1) is 8.53. The Hall–Kier alpha value is -0.910. The second kappa shape index (κ2) is 6.87. The number of hydrogen-bond acceptors (Lipinski definition) is 5. The number of halogens is 1. The maximum absolute atomic E-state index is 9.36. The minimum Gasteiger partial charge on any atom is -0.394 e. The Balaban J connectivity index is 2.85. The highest BCUT2D eigenvalue weighted by molar-refractivity contribution is 6.29. The minimum absolute atomic E-state index is 0.0198. The quantitative estimate of drug-likeness (QED) is 0.746. The topological polar surface area (TPSA) is 67.3 Å². The Morgan fingerprint density at radius 2 is 2.17 bits per heavy atom. The number of aromatic nitrogens is 2. The molecule has 1 atom stereocenters. The molecule has 0 amide bonds. The predicted octanol–water partition coefficient (Wildman–Crippen LogP) is 2.24. The van der Waals surface area contributed by atoms with Gasteiger partial charge >= 0.3 is 0 Å². The average molecular weight is 274 g/mol. The van der Waals surface area contributed by atoms with Crippen molar-refractivity contribution in [1.82, 2.24) is 9.97 Å². The van der Waals surface area contributed by atoms with Crippen molar-refractivity contribution in [3.05, 3.63) is 17.0 Å². The smallest absolute Gasteiger partial charge is 0.158 e. The second-order valence-electron chi connectivity index (χ2n) is 4.33. The molecule has 2 N–H and O–H groups in total. The third-order valence-corrected chi connectivity index (χ3v) is 2.93. The summed E-state index contributed by atoms with van der Waals surface area (Å²) in [5.74, 6) is 1.13. The van der Waals surface area contributed by atoms with Gasteiger partial charge in [-0.3, -0.25) is 0 Å². The van der Waals surface area contributed by atoms with E-state index in [-0.39, 0.29) is 6.61 Å². The van der Waals surface area contributed by atoms with Crippen molar-refractivity contribution in [2.45, 2.75) is 39.3 Å². The van der Waals surface area contributed by atoms with Crippen LogP contribution >= 0.6 is 11.6 Å². The number of aliphatic hydroxyl groups excluding tert-OH is 1. The zero-order chi connectivity index (χ0) is 13.6. The fourth-order valence-electron chi connectivity index (χ4n) is 1.34. The van der Waals surface area contributed by atoms with Gasteiger partial charge in [-0.15, -0.1) is 0 Å². The van der Waals surface area contributed by atoms with Crippen LogP contribution in [0.15, 0.2) is 6.07 Å². The molecule has 0 radical (unpaired) electrons.